The third-order valence-corrected chi connectivity index (χ3v) is 4.58. The lowest BCUT2D eigenvalue weighted by Gasteiger charge is -2.38. The van der Waals surface area contributed by atoms with Crippen molar-refractivity contribution in [1.82, 2.24) is 0 Å². The number of hydrogen-bond donors (Lipinski definition) is 0. The molecular weight excluding hydrogens is 348 g/mol. The number of ketones is 1. The third kappa shape index (κ3) is 3.40. The molecule has 0 saturated heterocycles. The summed E-state index contributed by atoms with van der Waals surface area (Å²) in [6, 6.07) is 11.9. The summed E-state index contributed by atoms with van der Waals surface area (Å²) in [5.74, 6) is -0.394. The Balaban J connectivity index is 2.08. The van der Waals surface area contributed by atoms with Crippen molar-refractivity contribution in [2.24, 2.45) is 5.92 Å². The van der Waals surface area contributed by atoms with Crippen LogP contribution in [0.15, 0.2) is 48.5 Å². The first kappa shape index (κ1) is 18.6. The lowest BCUT2D eigenvalue weighted by Crippen LogP contribution is -2.54. The molecule has 3 rings (SSSR count). The quantitative estimate of drug-likeness (QED) is 0.457. The van der Waals surface area contributed by atoms with Crippen molar-refractivity contribution in [1.29, 1.82) is 0 Å². The number of carbonyl (C=O) groups excluding carboxylic acids is 2. The van der Waals surface area contributed by atoms with E-state index in [1.165, 1.54) is 23.1 Å². The Kier molecular flexibility index (Phi) is 4.94. The lowest BCUT2D eigenvalue weighted by atomic mass is 9.98. The topological polar surface area (TPSA) is 89.8 Å². The van der Waals surface area contributed by atoms with E-state index in [4.69, 9.17) is 4.74 Å². The molecule has 0 fully saturated rings. The molecule has 7 heteroatoms. The van der Waals surface area contributed by atoms with E-state index >= 15 is 0 Å². The number of nitro groups is 1. The maximum absolute atomic E-state index is 13.1. The van der Waals surface area contributed by atoms with Crippen LogP contribution in [0.4, 0.5) is 11.4 Å². The van der Waals surface area contributed by atoms with Gasteiger partial charge in [-0.1, -0.05) is 44.2 Å². The van der Waals surface area contributed by atoms with Crippen LogP contribution in [0.25, 0.3) is 0 Å². The van der Waals surface area contributed by atoms with Crippen LogP contribution >= 0.6 is 0 Å². The molecule has 0 bridgehead atoms. The highest BCUT2D eigenvalue weighted by Gasteiger charge is 2.41. The van der Waals surface area contributed by atoms with Crippen molar-refractivity contribution in [2.75, 3.05) is 4.90 Å². The number of anilines is 1. The summed E-state index contributed by atoms with van der Waals surface area (Å²) >= 11 is 0. The molecule has 140 valence electrons. The van der Waals surface area contributed by atoms with Gasteiger partial charge in [0.25, 0.3) is 11.6 Å². The van der Waals surface area contributed by atoms with Gasteiger partial charge in [0, 0.05) is 17.7 Å². The second-order valence-electron chi connectivity index (χ2n) is 6.81. The maximum Gasteiger partial charge on any atom is 0.271 e. The minimum Gasteiger partial charge on any atom is -0.478 e. The maximum atomic E-state index is 13.1. The van der Waals surface area contributed by atoms with E-state index in [2.05, 4.69) is 0 Å². The molecule has 7 nitrogen and oxygen atoms in total. The number of rotatable bonds is 5. The zero-order chi connectivity index (χ0) is 19.7. The fourth-order valence-corrected chi connectivity index (χ4v) is 3.13. The highest BCUT2D eigenvalue weighted by molar-refractivity contribution is 6.10. The van der Waals surface area contributed by atoms with E-state index in [0.717, 1.165) is 0 Å². The van der Waals surface area contributed by atoms with Crippen LogP contribution in [0.1, 0.15) is 31.1 Å². The Hall–Kier alpha value is -3.22. The predicted octanol–water partition coefficient (Wildman–Crippen LogP) is 3.62. The van der Waals surface area contributed by atoms with Crippen molar-refractivity contribution in [3.63, 3.8) is 0 Å². The van der Waals surface area contributed by atoms with E-state index in [1.807, 2.05) is 13.8 Å². The van der Waals surface area contributed by atoms with Gasteiger partial charge >= 0.3 is 0 Å². The number of Topliss-reactive ketones (excluding diaryl/α,β-unsaturated/α-hetero) is 1. The molecule has 0 aromatic heterocycles. The van der Waals surface area contributed by atoms with Gasteiger partial charge in [-0.05, 0) is 18.9 Å². The molecule has 27 heavy (non-hydrogen) atoms. The Bertz CT molecular complexity index is 895. The molecular formula is C20H20N2O5. The standard InChI is InChI=1S/C20H20N2O5/c1-12(2)19-20(24)21(13(3)18(23)14-7-5-4-6-8-14)16-11-15(22(25)26)9-10-17(16)27-19/h4-13,19H,1-3H3. The van der Waals surface area contributed by atoms with Crippen molar-refractivity contribution in [3.8, 4) is 5.75 Å². The lowest BCUT2D eigenvalue weighted by molar-refractivity contribution is -0.384. The summed E-state index contributed by atoms with van der Waals surface area (Å²) in [5.41, 5.74) is 0.540. The van der Waals surface area contributed by atoms with Gasteiger partial charge in [-0.2, -0.15) is 0 Å². The molecule has 1 aliphatic heterocycles. The summed E-state index contributed by atoms with van der Waals surface area (Å²) in [5, 5.41) is 11.2. The second kappa shape index (κ2) is 7.19. The molecule has 2 unspecified atom stereocenters. The highest BCUT2D eigenvalue weighted by atomic mass is 16.6. The minimum absolute atomic E-state index is 0.123. The number of benzene rings is 2. The summed E-state index contributed by atoms with van der Waals surface area (Å²) < 4.78 is 5.78. The molecule has 0 saturated carbocycles. The van der Waals surface area contributed by atoms with Crippen molar-refractivity contribution in [2.45, 2.75) is 32.9 Å². The van der Waals surface area contributed by atoms with Crippen molar-refractivity contribution >= 4 is 23.1 Å². The predicted molar refractivity (Wildman–Crippen MR) is 100 cm³/mol. The number of fused-ring (bicyclic) bond motifs is 1. The van der Waals surface area contributed by atoms with Crippen LogP contribution in [-0.2, 0) is 4.79 Å². The van der Waals surface area contributed by atoms with Gasteiger partial charge in [-0.25, -0.2) is 0 Å². The number of ether oxygens (including phenoxy) is 1. The molecule has 0 N–H and O–H groups in total. The number of nitrogens with zero attached hydrogens (tertiary/aromatic N) is 2. The van der Waals surface area contributed by atoms with Gasteiger partial charge in [-0.15, -0.1) is 0 Å². The fraction of sp³-hybridized carbons (Fsp3) is 0.300. The van der Waals surface area contributed by atoms with Crippen LogP contribution in [0, 0.1) is 16.0 Å². The van der Waals surface area contributed by atoms with Gasteiger partial charge in [0.1, 0.15) is 5.75 Å². The largest absolute Gasteiger partial charge is 0.478 e. The van der Waals surface area contributed by atoms with E-state index < -0.39 is 17.1 Å². The monoisotopic (exact) mass is 368 g/mol. The summed E-state index contributed by atoms with van der Waals surface area (Å²) in [4.78, 5) is 37.9. The average molecular weight is 368 g/mol. The zero-order valence-electron chi connectivity index (χ0n) is 15.3. The average Bonchev–Trinajstić information content (AvgIpc) is 2.66. The summed E-state index contributed by atoms with van der Waals surface area (Å²) in [7, 11) is 0. The first-order valence-electron chi connectivity index (χ1n) is 8.68. The third-order valence-electron chi connectivity index (χ3n) is 4.58. The fourth-order valence-electron chi connectivity index (χ4n) is 3.13. The summed E-state index contributed by atoms with van der Waals surface area (Å²) in [6.45, 7) is 5.32. The van der Waals surface area contributed by atoms with Gasteiger partial charge < -0.3 is 4.74 Å². The van der Waals surface area contributed by atoms with Crippen molar-refractivity contribution in [3.05, 3.63) is 64.2 Å². The number of hydrogen-bond acceptors (Lipinski definition) is 5. The van der Waals surface area contributed by atoms with Crippen LogP contribution in [0.3, 0.4) is 0 Å². The Morgan fingerprint density at radius 2 is 1.81 bits per heavy atom. The SMILES string of the molecule is CC(C)C1Oc2ccc([N+](=O)[O-])cc2N(C(C)C(=O)c2ccccc2)C1=O. The molecule has 0 spiro atoms. The first-order valence-corrected chi connectivity index (χ1v) is 8.68. The van der Waals surface area contributed by atoms with Crippen LogP contribution in [0.5, 0.6) is 5.75 Å². The van der Waals surface area contributed by atoms with Gasteiger partial charge in [0.05, 0.1) is 16.7 Å². The minimum atomic E-state index is -0.828. The van der Waals surface area contributed by atoms with E-state index in [0.29, 0.717) is 11.3 Å². The number of non-ortho nitro benzene ring substituents is 1. The van der Waals surface area contributed by atoms with E-state index in [1.54, 1.807) is 37.3 Å². The molecule has 0 aliphatic carbocycles. The Labute approximate surface area is 156 Å². The molecule has 2 aromatic rings. The highest BCUT2D eigenvalue weighted by Crippen LogP contribution is 2.39. The van der Waals surface area contributed by atoms with Crippen LogP contribution < -0.4 is 9.64 Å². The molecule has 0 radical (unpaired) electrons. The van der Waals surface area contributed by atoms with Crippen molar-refractivity contribution < 1.29 is 19.2 Å². The molecule has 1 heterocycles. The summed E-state index contributed by atoms with van der Waals surface area (Å²) in [6.07, 6.45) is -0.759. The number of nitro benzene ring substituents is 1. The zero-order valence-corrected chi connectivity index (χ0v) is 15.3. The van der Waals surface area contributed by atoms with Crippen LogP contribution in [-0.4, -0.2) is 28.8 Å². The van der Waals surface area contributed by atoms with Gasteiger partial charge in [0.2, 0.25) is 0 Å². The Morgan fingerprint density at radius 3 is 2.41 bits per heavy atom. The molecule has 1 amide bonds. The normalized spacial score (nSPS) is 17.3. The van der Waals surface area contributed by atoms with E-state index in [-0.39, 0.29) is 29.0 Å². The molecule has 1 aliphatic rings. The smallest absolute Gasteiger partial charge is 0.271 e. The van der Waals surface area contributed by atoms with Gasteiger partial charge in [-0.3, -0.25) is 24.6 Å². The van der Waals surface area contributed by atoms with Gasteiger partial charge in [0.15, 0.2) is 11.9 Å². The number of carbonyl (C=O) groups is 2. The van der Waals surface area contributed by atoms with Crippen LogP contribution in [0.2, 0.25) is 0 Å². The second-order valence-corrected chi connectivity index (χ2v) is 6.81. The Morgan fingerprint density at radius 1 is 1.15 bits per heavy atom. The number of amides is 1. The molecule has 2 aromatic carbocycles. The molecule has 2 atom stereocenters. The van der Waals surface area contributed by atoms with E-state index in [9.17, 15) is 19.7 Å². The first-order chi connectivity index (χ1) is 12.8.